The Kier molecular flexibility index (Phi) is 3.20. The maximum absolute atomic E-state index is 10.5. The summed E-state index contributed by atoms with van der Waals surface area (Å²) in [6.07, 6.45) is 4.33. The van der Waals surface area contributed by atoms with Gasteiger partial charge < -0.3 is 0 Å². The van der Waals surface area contributed by atoms with Gasteiger partial charge in [-0.25, -0.2) is 4.98 Å². The summed E-state index contributed by atoms with van der Waals surface area (Å²) < 4.78 is 0. The highest BCUT2D eigenvalue weighted by atomic mass is 35.5. The number of carbonyl (C=O) groups excluding carboxylic acids is 1. The van der Waals surface area contributed by atoms with Gasteiger partial charge in [-0.15, -0.1) is 0 Å². The molecule has 3 heteroatoms. The first-order chi connectivity index (χ1) is 6.19. The van der Waals surface area contributed by atoms with Crippen LogP contribution in [0.1, 0.15) is 29.8 Å². The molecule has 1 aromatic rings. The minimum Gasteiger partial charge on any atom is -0.298 e. The third-order valence-electron chi connectivity index (χ3n) is 1.88. The van der Waals surface area contributed by atoms with Crippen LogP contribution >= 0.6 is 11.6 Å². The Bertz CT molecular complexity index is 358. The Labute approximate surface area is 82.3 Å². The molecule has 0 N–H and O–H groups in total. The van der Waals surface area contributed by atoms with Crippen molar-refractivity contribution in [2.24, 2.45) is 0 Å². The van der Waals surface area contributed by atoms with Crippen molar-refractivity contribution in [1.29, 1.82) is 0 Å². The number of aromatic nitrogens is 1. The average Bonchev–Trinajstić information content (AvgIpc) is 2.17. The Hall–Kier alpha value is -1.15. The van der Waals surface area contributed by atoms with Gasteiger partial charge in [0.15, 0.2) is 6.29 Å². The predicted octanol–water partition coefficient (Wildman–Crippen LogP) is 2.97. The molecule has 0 fully saturated rings. The van der Waals surface area contributed by atoms with Gasteiger partial charge in [0, 0.05) is 6.20 Å². The predicted molar refractivity (Wildman–Crippen MR) is 54.0 cm³/mol. The molecule has 0 saturated heterocycles. The number of halogens is 1. The summed E-state index contributed by atoms with van der Waals surface area (Å²) in [6.45, 7) is 3.89. The van der Waals surface area contributed by atoms with Gasteiger partial charge >= 0.3 is 0 Å². The zero-order valence-corrected chi connectivity index (χ0v) is 8.30. The number of allylic oxidation sites excluding steroid dienone is 2. The lowest BCUT2D eigenvalue weighted by Gasteiger charge is -2.01. The number of hydrogen-bond donors (Lipinski definition) is 0. The molecule has 0 amide bonds. The van der Waals surface area contributed by atoms with Gasteiger partial charge in [0.1, 0.15) is 5.15 Å². The number of hydrogen-bond acceptors (Lipinski definition) is 2. The summed E-state index contributed by atoms with van der Waals surface area (Å²) in [6, 6.07) is 1.73. The third-order valence-corrected chi connectivity index (χ3v) is 2.20. The van der Waals surface area contributed by atoms with Crippen molar-refractivity contribution in [3.63, 3.8) is 0 Å². The highest BCUT2D eigenvalue weighted by Crippen LogP contribution is 2.17. The quantitative estimate of drug-likeness (QED) is 0.537. The van der Waals surface area contributed by atoms with E-state index in [-0.39, 0.29) is 5.15 Å². The summed E-state index contributed by atoms with van der Waals surface area (Å²) in [4.78, 5) is 14.5. The highest BCUT2D eigenvalue weighted by Gasteiger charge is 2.02. The van der Waals surface area contributed by atoms with Crippen LogP contribution in [0.15, 0.2) is 18.3 Å². The van der Waals surface area contributed by atoms with Crippen molar-refractivity contribution in [3.8, 4) is 0 Å². The lowest BCUT2D eigenvalue weighted by molar-refractivity contribution is 0.112. The number of pyridine rings is 1. The second kappa shape index (κ2) is 4.19. The van der Waals surface area contributed by atoms with E-state index >= 15 is 0 Å². The van der Waals surface area contributed by atoms with E-state index in [9.17, 15) is 4.79 Å². The fourth-order valence-electron chi connectivity index (χ4n) is 0.930. The standard InChI is InChI=1S/C10H10ClNO/c1-3-7(2)8-4-9(6-13)10(11)12-5-8/h3-6H,1-2H3. The molecule has 0 aliphatic carbocycles. The molecule has 0 spiro atoms. The maximum atomic E-state index is 10.5. The van der Waals surface area contributed by atoms with Crippen molar-refractivity contribution in [2.75, 3.05) is 0 Å². The van der Waals surface area contributed by atoms with E-state index in [0.29, 0.717) is 11.8 Å². The summed E-state index contributed by atoms with van der Waals surface area (Å²) in [5.41, 5.74) is 2.43. The van der Waals surface area contributed by atoms with Gasteiger partial charge in [0.25, 0.3) is 0 Å². The molecule has 0 aliphatic rings. The fraction of sp³-hybridized carbons (Fsp3) is 0.200. The minimum absolute atomic E-state index is 0.252. The van der Waals surface area contributed by atoms with Crippen molar-refractivity contribution >= 4 is 23.5 Å². The normalized spacial score (nSPS) is 11.5. The number of rotatable bonds is 2. The largest absolute Gasteiger partial charge is 0.298 e. The molecule has 0 radical (unpaired) electrons. The number of aldehydes is 1. The summed E-state index contributed by atoms with van der Waals surface area (Å²) >= 11 is 5.68. The minimum atomic E-state index is 0.252. The maximum Gasteiger partial charge on any atom is 0.153 e. The first kappa shape index (κ1) is 9.93. The van der Waals surface area contributed by atoms with Crippen molar-refractivity contribution in [1.82, 2.24) is 4.98 Å². The molecular weight excluding hydrogens is 186 g/mol. The first-order valence-electron chi connectivity index (χ1n) is 3.93. The molecule has 0 aliphatic heterocycles. The molecule has 0 bridgehead atoms. The Morgan fingerprint density at radius 1 is 1.62 bits per heavy atom. The van der Waals surface area contributed by atoms with Gasteiger partial charge in [0.05, 0.1) is 5.56 Å². The zero-order chi connectivity index (χ0) is 9.84. The van der Waals surface area contributed by atoms with E-state index in [1.165, 1.54) is 0 Å². The summed E-state index contributed by atoms with van der Waals surface area (Å²) in [5.74, 6) is 0. The molecule has 0 saturated carbocycles. The summed E-state index contributed by atoms with van der Waals surface area (Å²) in [5, 5.41) is 0.252. The Balaban J connectivity index is 3.21. The average molecular weight is 196 g/mol. The topological polar surface area (TPSA) is 30.0 Å². The molecule has 0 aromatic carbocycles. The van der Waals surface area contributed by atoms with E-state index in [2.05, 4.69) is 4.98 Å². The van der Waals surface area contributed by atoms with Crippen LogP contribution in [0.25, 0.3) is 5.57 Å². The van der Waals surface area contributed by atoms with E-state index in [1.54, 1.807) is 12.3 Å². The van der Waals surface area contributed by atoms with Crippen molar-refractivity contribution < 1.29 is 4.79 Å². The second-order valence-electron chi connectivity index (χ2n) is 2.69. The number of carbonyl (C=O) groups is 1. The van der Waals surface area contributed by atoms with Crippen LogP contribution in [0.2, 0.25) is 5.15 Å². The SMILES string of the molecule is CC=C(C)c1cnc(Cl)c(C=O)c1. The lowest BCUT2D eigenvalue weighted by Crippen LogP contribution is -1.89. The molecule has 0 unspecified atom stereocenters. The molecule has 0 atom stereocenters. The van der Waals surface area contributed by atoms with Crippen molar-refractivity contribution in [2.45, 2.75) is 13.8 Å². The summed E-state index contributed by atoms with van der Waals surface area (Å²) in [7, 11) is 0. The fourth-order valence-corrected chi connectivity index (χ4v) is 1.08. The van der Waals surface area contributed by atoms with E-state index in [1.807, 2.05) is 19.9 Å². The molecular formula is C10H10ClNO. The van der Waals surface area contributed by atoms with Gasteiger partial charge in [-0.3, -0.25) is 4.79 Å². The Morgan fingerprint density at radius 3 is 2.85 bits per heavy atom. The van der Waals surface area contributed by atoms with Crippen molar-refractivity contribution in [3.05, 3.63) is 34.6 Å². The van der Waals surface area contributed by atoms with Crippen LogP contribution < -0.4 is 0 Å². The van der Waals surface area contributed by atoms with Crippen LogP contribution in [-0.4, -0.2) is 11.3 Å². The van der Waals surface area contributed by atoms with Crippen LogP contribution in [0.4, 0.5) is 0 Å². The molecule has 1 heterocycles. The molecule has 2 nitrogen and oxygen atoms in total. The molecule has 1 aromatic heterocycles. The van der Waals surface area contributed by atoms with Gasteiger partial charge in [0.2, 0.25) is 0 Å². The zero-order valence-electron chi connectivity index (χ0n) is 7.54. The third kappa shape index (κ3) is 2.16. The molecule has 13 heavy (non-hydrogen) atoms. The van der Waals surface area contributed by atoms with Gasteiger partial charge in [-0.05, 0) is 31.1 Å². The number of nitrogens with zero attached hydrogens (tertiary/aromatic N) is 1. The van der Waals surface area contributed by atoms with Crippen LogP contribution in [-0.2, 0) is 0 Å². The van der Waals surface area contributed by atoms with Crippen LogP contribution in [0.3, 0.4) is 0 Å². The lowest BCUT2D eigenvalue weighted by atomic mass is 10.1. The molecule has 1 rings (SSSR count). The van der Waals surface area contributed by atoms with Crippen LogP contribution in [0, 0.1) is 0 Å². The second-order valence-corrected chi connectivity index (χ2v) is 3.05. The van der Waals surface area contributed by atoms with E-state index < -0.39 is 0 Å². The molecule has 68 valence electrons. The first-order valence-corrected chi connectivity index (χ1v) is 4.31. The highest BCUT2D eigenvalue weighted by molar-refractivity contribution is 6.31. The van der Waals surface area contributed by atoms with E-state index in [0.717, 1.165) is 11.1 Å². The van der Waals surface area contributed by atoms with Crippen LogP contribution in [0.5, 0.6) is 0 Å². The van der Waals surface area contributed by atoms with Gasteiger partial charge in [-0.2, -0.15) is 0 Å². The Morgan fingerprint density at radius 2 is 2.31 bits per heavy atom. The van der Waals surface area contributed by atoms with Gasteiger partial charge in [-0.1, -0.05) is 17.7 Å². The monoisotopic (exact) mass is 195 g/mol. The smallest absolute Gasteiger partial charge is 0.153 e. The van der Waals surface area contributed by atoms with E-state index in [4.69, 9.17) is 11.6 Å².